The highest BCUT2D eigenvalue weighted by atomic mass is 16.5. The molecule has 0 unspecified atom stereocenters. The molecule has 1 aliphatic rings. The van der Waals surface area contributed by atoms with Crippen LogP contribution in [0.2, 0.25) is 0 Å². The van der Waals surface area contributed by atoms with Gasteiger partial charge in [-0.3, -0.25) is 4.79 Å². The second kappa shape index (κ2) is 13.8. The number of likely N-dealkylation sites (N-methyl/N-ethyl adjacent to an activating group) is 1. The van der Waals surface area contributed by atoms with Crippen LogP contribution in [0.15, 0.2) is 36.4 Å². The molecule has 2 heterocycles. The lowest BCUT2D eigenvalue weighted by molar-refractivity contribution is -0.132. The highest BCUT2D eigenvalue weighted by Crippen LogP contribution is 2.23. The van der Waals surface area contributed by atoms with E-state index in [9.17, 15) is 9.59 Å². The van der Waals surface area contributed by atoms with E-state index >= 15 is 0 Å². The van der Waals surface area contributed by atoms with E-state index in [1.54, 1.807) is 12.0 Å². The molecule has 1 aliphatic heterocycles. The van der Waals surface area contributed by atoms with Gasteiger partial charge in [-0.15, -0.1) is 10.2 Å². The van der Waals surface area contributed by atoms with Gasteiger partial charge in [-0.2, -0.15) is 0 Å². The lowest BCUT2D eigenvalue weighted by Crippen LogP contribution is -2.54. The number of piperazine rings is 1. The summed E-state index contributed by atoms with van der Waals surface area (Å²) in [7, 11) is 1.64. The SMILES string of the molecule is CCN(CC)CCN(CC(=O)N1CCN(c2ccc(-c3cccc(OC)c3)nn2)CC1)C(=O)NC(C)C. The first-order chi connectivity index (χ1) is 17.8. The molecule has 1 aromatic carbocycles. The van der Waals surface area contributed by atoms with Crippen molar-refractivity contribution in [3.05, 3.63) is 36.4 Å². The van der Waals surface area contributed by atoms with Gasteiger partial charge in [-0.1, -0.05) is 26.0 Å². The number of methoxy groups -OCH3 is 1. The monoisotopic (exact) mass is 511 g/mol. The zero-order chi connectivity index (χ0) is 26.8. The van der Waals surface area contributed by atoms with E-state index in [0.717, 1.165) is 42.5 Å². The molecule has 3 rings (SSSR count). The first-order valence-electron chi connectivity index (χ1n) is 13.1. The average molecular weight is 512 g/mol. The zero-order valence-electron chi connectivity index (χ0n) is 22.8. The number of aromatic nitrogens is 2. The zero-order valence-corrected chi connectivity index (χ0v) is 22.8. The van der Waals surface area contributed by atoms with Crippen molar-refractivity contribution in [2.45, 2.75) is 33.7 Å². The molecular formula is C27H41N7O3. The van der Waals surface area contributed by atoms with Crippen molar-refractivity contribution >= 4 is 17.8 Å². The van der Waals surface area contributed by atoms with Crippen LogP contribution in [0.1, 0.15) is 27.7 Å². The number of urea groups is 1. The van der Waals surface area contributed by atoms with Crippen molar-refractivity contribution in [1.82, 2.24) is 30.2 Å². The van der Waals surface area contributed by atoms with E-state index in [1.165, 1.54) is 0 Å². The number of ether oxygens (including phenoxy) is 1. The van der Waals surface area contributed by atoms with Gasteiger partial charge in [0.25, 0.3) is 0 Å². The van der Waals surface area contributed by atoms with Crippen LogP contribution in [0.25, 0.3) is 11.3 Å². The summed E-state index contributed by atoms with van der Waals surface area (Å²) in [5.74, 6) is 1.53. The summed E-state index contributed by atoms with van der Waals surface area (Å²) in [5, 5.41) is 11.8. The Hall–Kier alpha value is -3.40. The van der Waals surface area contributed by atoms with Gasteiger partial charge in [0, 0.05) is 50.9 Å². The number of anilines is 1. The number of carbonyl (C=O) groups excluding carboxylic acids is 2. The van der Waals surface area contributed by atoms with Gasteiger partial charge < -0.3 is 29.7 Å². The van der Waals surface area contributed by atoms with E-state index in [4.69, 9.17) is 4.74 Å². The molecule has 0 saturated carbocycles. The number of rotatable bonds is 11. The highest BCUT2D eigenvalue weighted by molar-refractivity contribution is 5.84. The van der Waals surface area contributed by atoms with Crippen LogP contribution in [-0.4, -0.2) is 109 Å². The van der Waals surface area contributed by atoms with Crippen LogP contribution in [0.5, 0.6) is 5.75 Å². The Kier molecular flexibility index (Phi) is 10.5. The summed E-state index contributed by atoms with van der Waals surface area (Å²) in [6.07, 6.45) is 0. The molecule has 1 N–H and O–H groups in total. The largest absolute Gasteiger partial charge is 0.497 e. The predicted molar refractivity (Wildman–Crippen MR) is 146 cm³/mol. The second-order valence-electron chi connectivity index (χ2n) is 9.43. The Morgan fingerprint density at radius 3 is 2.35 bits per heavy atom. The standard InChI is InChI=1S/C27H41N7O3/c1-6-31(7-2)13-14-34(27(36)28-21(3)4)20-26(35)33-17-15-32(16-18-33)25-12-11-24(29-30-25)22-9-8-10-23(19-22)37-5/h8-12,19,21H,6-7,13-18,20H2,1-5H3,(H,28,36). The number of benzene rings is 1. The molecule has 1 saturated heterocycles. The second-order valence-corrected chi connectivity index (χ2v) is 9.43. The first-order valence-corrected chi connectivity index (χ1v) is 13.1. The Labute approximate surface area is 220 Å². The highest BCUT2D eigenvalue weighted by Gasteiger charge is 2.26. The number of carbonyl (C=O) groups is 2. The summed E-state index contributed by atoms with van der Waals surface area (Å²) in [4.78, 5) is 33.7. The molecule has 1 aromatic heterocycles. The number of hydrogen-bond donors (Lipinski definition) is 1. The van der Waals surface area contributed by atoms with E-state index in [0.29, 0.717) is 32.7 Å². The summed E-state index contributed by atoms with van der Waals surface area (Å²) < 4.78 is 5.30. The first kappa shape index (κ1) is 28.2. The molecule has 3 amide bonds. The van der Waals surface area contributed by atoms with Crippen LogP contribution >= 0.6 is 0 Å². The van der Waals surface area contributed by atoms with E-state index in [2.05, 4.69) is 39.2 Å². The fourth-order valence-corrected chi connectivity index (χ4v) is 4.27. The molecule has 202 valence electrons. The molecule has 10 heteroatoms. The molecule has 0 bridgehead atoms. The molecule has 0 aliphatic carbocycles. The van der Waals surface area contributed by atoms with Gasteiger partial charge in [0.15, 0.2) is 5.82 Å². The minimum Gasteiger partial charge on any atom is -0.497 e. The van der Waals surface area contributed by atoms with Gasteiger partial charge >= 0.3 is 6.03 Å². The lowest BCUT2D eigenvalue weighted by Gasteiger charge is -2.36. The maximum Gasteiger partial charge on any atom is 0.318 e. The maximum atomic E-state index is 13.1. The Balaban J connectivity index is 1.56. The minimum atomic E-state index is -0.194. The van der Waals surface area contributed by atoms with Gasteiger partial charge in [-0.25, -0.2) is 4.79 Å². The van der Waals surface area contributed by atoms with Gasteiger partial charge in [-0.05, 0) is 51.2 Å². The molecule has 0 spiro atoms. The number of nitrogens with zero attached hydrogens (tertiary/aromatic N) is 6. The molecule has 1 fully saturated rings. The molecular weight excluding hydrogens is 470 g/mol. The molecule has 2 aromatic rings. The van der Waals surface area contributed by atoms with Crippen molar-refractivity contribution in [2.75, 3.05) is 70.9 Å². The predicted octanol–water partition coefficient (Wildman–Crippen LogP) is 2.56. The van der Waals surface area contributed by atoms with E-state index in [-0.39, 0.29) is 24.5 Å². The maximum absolute atomic E-state index is 13.1. The van der Waals surface area contributed by atoms with Crippen LogP contribution in [0.4, 0.5) is 10.6 Å². The number of hydrogen-bond acceptors (Lipinski definition) is 7. The number of nitrogens with one attached hydrogen (secondary N) is 1. The van der Waals surface area contributed by atoms with Crippen LogP contribution < -0.4 is 15.0 Å². The summed E-state index contributed by atoms with van der Waals surface area (Å²) in [6.45, 7) is 13.7. The average Bonchev–Trinajstić information content (AvgIpc) is 2.92. The van der Waals surface area contributed by atoms with Crippen LogP contribution in [0, 0.1) is 0 Å². The quantitative estimate of drug-likeness (QED) is 0.496. The molecule has 37 heavy (non-hydrogen) atoms. The lowest BCUT2D eigenvalue weighted by atomic mass is 10.1. The summed E-state index contributed by atoms with van der Waals surface area (Å²) in [5.41, 5.74) is 1.72. The van der Waals surface area contributed by atoms with Crippen molar-refractivity contribution < 1.29 is 14.3 Å². The molecule has 10 nitrogen and oxygen atoms in total. The topological polar surface area (TPSA) is 94.1 Å². The van der Waals surface area contributed by atoms with Crippen LogP contribution in [0.3, 0.4) is 0 Å². The molecule has 0 radical (unpaired) electrons. The van der Waals surface area contributed by atoms with Gasteiger partial charge in [0.2, 0.25) is 5.91 Å². The van der Waals surface area contributed by atoms with E-state index in [1.807, 2.05) is 55.1 Å². The summed E-state index contributed by atoms with van der Waals surface area (Å²) >= 11 is 0. The molecule has 0 atom stereocenters. The Bertz CT molecular complexity index is 1000. The Morgan fingerprint density at radius 1 is 1.03 bits per heavy atom. The third kappa shape index (κ3) is 8.04. The third-order valence-electron chi connectivity index (χ3n) is 6.58. The fourth-order valence-electron chi connectivity index (χ4n) is 4.27. The van der Waals surface area contributed by atoms with Crippen molar-refractivity contribution in [3.63, 3.8) is 0 Å². The van der Waals surface area contributed by atoms with E-state index < -0.39 is 0 Å². The number of amides is 3. The fraction of sp³-hybridized carbons (Fsp3) is 0.556. The van der Waals surface area contributed by atoms with Gasteiger partial charge in [0.05, 0.1) is 12.8 Å². The normalized spacial score (nSPS) is 13.7. The van der Waals surface area contributed by atoms with Crippen molar-refractivity contribution in [2.24, 2.45) is 0 Å². The minimum absolute atomic E-state index is 0.0125. The van der Waals surface area contributed by atoms with Gasteiger partial charge in [0.1, 0.15) is 12.3 Å². The smallest absolute Gasteiger partial charge is 0.318 e. The third-order valence-corrected chi connectivity index (χ3v) is 6.58. The summed E-state index contributed by atoms with van der Waals surface area (Å²) in [6, 6.07) is 11.5. The van der Waals surface area contributed by atoms with Crippen molar-refractivity contribution in [3.8, 4) is 17.0 Å². The van der Waals surface area contributed by atoms with Crippen LogP contribution in [-0.2, 0) is 4.79 Å². The Morgan fingerprint density at radius 2 is 1.76 bits per heavy atom. The van der Waals surface area contributed by atoms with Crippen molar-refractivity contribution in [1.29, 1.82) is 0 Å².